The van der Waals surface area contributed by atoms with Crippen LogP contribution in [-0.2, 0) is 9.84 Å². The van der Waals surface area contributed by atoms with Crippen LogP contribution in [0.2, 0.25) is 0 Å². The van der Waals surface area contributed by atoms with Gasteiger partial charge in [0, 0.05) is 0 Å². The van der Waals surface area contributed by atoms with Crippen molar-refractivity contribution in [3.05, 3.63) is 0 Å². The summed E-state index contributed by atoms with van der Waals surface area (Å²) in [5.74, 6) is -0.564. The monoisotopic (exact) mass is 227 g/mol. The molecule has 0 amide bonds. The summed E-state index contributed by atoms with van der Waals surface area (Å²) >= 11 is 0. The van der Waals surface area contributed by atoms with Crippen molar-refractivity contribution >= 4 is 9.84 Å². The highest BCUT2D eigenvalue weighted by atomic mass is 32.2. The van der Waals surface area contributed by atoms with Gasteiger partial charge in [0.05, 0.1) is 17.0 Å². The summed E-state index contributed by atoms with van der Waals surface area (Å²) in [5.41, 5.74) is -1.49. The van der Waals surface area contributed by atoms with Crippen molar-refractivity contribution in [1.29, 1.82) is 0 Å². The minimum atomic E-state index is -3.27. The molecule has 0 spiro atoms. The van der Waals surface area contributed by atoms with E-state index in [1.165, 1.54) is 0 Å². The summed E-state index contributed by atoms with van der Waals surface area (Å²) in [6.07, 6.45) is -1.88. The predicted octanol–water partition coefficient (Wildman–Crippen LogP) is 0.808. The fraction of sp³-hybridized carbons (Fsp3) is 1.00. The largest absolute Gasteiger partial charge is 0.305 e. The first-order valence-electron chi connectivity index (χ1n) is 4.65. The van der Waals surface area contributed by atoms with E-state index in [-0.39, 0.29) is 12.2 Å². The van der Waals surface area contributed by atoms with Crippen LogP contribution in [0.3, 0.4) is 0 Å². The standard InChI is InChI=1S/C8H15F2NO2S/c1-2-4-11-8(7(9)10)3-5-14(12,13)6-8/h7,11H,2-6H2,1H3. The minimum absolute atomic E-state index is 0.0208. The smallest absolute Gasteiger partial charge is 0.257 e. The highest BCUT2D eigenvalue weighted by Gasteiger charge is 2.48. The Kier molecular flexibility index (Phi) is 3.47. The van der Waals surface area contributed by atoms with Gasteiger partial charge in [0.1, 0.15) is 0 Å². The number of hydrogen-bond acceptors (Lipinski definition) is 3. The summed E-state index contributed by atoms with van der Waals surface area (Å²) in [7, 11) is -3.27. The third kappa shape index (κ3) is 2.42. The van der Waals surface area contributed by atoms with Crippen LogP contribution in [0.4, 0.5) is 8.78 Å². The van der Waals surface area contributed by atoms with Gasteiger partial charge in [-0.2, -0.15) is 0 Å². The third-order valence-electron chi connectivity index (χ3n) is 2.48. The van der Waals surface area contributed by atoms with Crippen LogP contribution in [-0.4, -0.2) is 38.4 Å². The average molecular weight is 227 g/mol. The third-order valence-corrected chi connectivity index (χ3v) is 4.26. The molecular formula is C8H15F2NO2S. The van der Waals surface area contributed by atoms with Crippen LogP contribution in [0.15, 0.2) is 0 Å². The van der Waals surface area contributed by atoms with Gasteiger partial charge >= 0.3 is 0 Å². The van der Waals surface area contributed by atoms with E-state index in [0.29, 0.717) is 13.0 Å². The minimum Gasteiger partial charge on any atom is -0.305 e. The molecule has 0 aliphatic carbocycles. The van der Waals surface area contributed by atoms with Gasteiger partial charge in [-0.25, -0.2) is 17.2 Å². The molecule has 1 aliphatic heterocycles. The Morgan fingerprint density at radius 3 is 2.50 bits per heavy atom. The zero-order chi connectivity index (χ0) is 10.8. The van der Waals surface area contributed by atoms with Gasteiger partial charge in [-0.05, 0) is 19.4 Å². The lowest BCUT2D eigenvalue weighted by Crippen LogP contribution is -2.52. The number of nitrogens with one attached hydrogen (secondary N) is 1. The molecule has 0 aromatic rings. The summed E-state index contributed by atoms with van der Waals surface area (Å²) in [6, 6.07) is 0. The Hall–Kier alpha value is -0.230. The maximum atomic E-state index is 12.7. The maximum Gasteiger partial charge on any atom is 0.257 e. The fourth-order valence-corrected chi connectivity index (χ4v) is 3.61. The Morgan fingerprint density at radius 2 is 2.14 bits per heavy atom. The quantitative estimate of drug-likeness (QED) is 0.773. The van der Waals surface area contributed by atoms with Crippen molar-refractivity contribution in [2.75, 3.05) is 18.1 Å². The first-order valence-corrected chi connectivity index (χ1v) is 6.47. The Bertz CT molecular complexity index is 292. The number of halogens is 2. The van der Waals surface area contributed by atoms with Crippen molar-refractivity contribution in [3.8, 4) is 0 Å². The van der Waals surface area contributed by atoms with Gasteiger partial charge in [-0.15, -0.1) is 0 Å². The van der Waals surface area contributed by atoms with Crippen molar-refractivity contribution in [2.45, 2.75) is 31.7 Å². The second kappa shape index (κ2) is 4.10. The molecule has 1 fully saturated rings. The average Bonchev–Trinajstić information content (AvgIpc) is 2.40. The molecule has 1 atom stereocenters. The molecule has 1 unspecified atom stereocenters. The summed E-state index contributed by atoms with van der Waals surface area (Å²) in [4.78, 5) is 0. The molecule has 84 valence electrons. The zero-order valence-electron chi connectivity index (χ0n) is 8.09. The van der Waals surface area contributed by atoms with Crippen LogP contribution in [0.5, 0.6) is 0 Å². The zero-order valence-corrected chi connectivity index (χ0v) is 8.91. The molecule has 1 heterocycles. The van der Waals surface area contributed by atoms with E-state index >= 15 is 0 Å². The molecule has 0 radical (unpaired) electrons. The van der Waals surface area contributed by atoms with E-state index < -0.39 is 27.6 Å². The maximum absolute atomic E-state index is 12.7. The first-order chi connectivity index (χ1) is 6.42. The van der Waals surface area contributed by atoms with E-state index in [1.54, 1.807) is 0 Å². The molecule has 1 rings (SSSR count). The lowest BCUT2D eigenvalue weighted by atomic mass is 10.00. The SMILES string of the molecule is CCCNC1(C(F)F)CCS(=O)(=O)C1. The Morgan fingerprint density at radius 1 is 1.50 bits per heavy atom. The molecule has 3 nitrogen and oxygen atoms in total. The van der Waals surface area contributed by atoms with Crippen LogP contribution in [0.1, 0.15) is 19.8 Å². The van der Waals surface area contributed by atoms with Crippen LogP contribution < -0.4 is 5.32 Å². The molecule has 0 aromatic carbocycles. The van der Waals surface area contributed by atoms with Gasteiger partial charge in [0.2, 0.25) is 0 Å². The number of rotatable bonds is 4. The number of hydrogen-bond donors (Lipinski definition) is 1. The van der Waals surface area contributed by atoms with Crippen molar-refractivity contribution in [1.82, 2.24) is 5.32 Å². The molecule has 1 saturated heterocycles. The first kappa shape index (κ1) is 11.8. The van der Waals surface area contributed by atoms with Gasteiger partial charge in [0.25, 0.3) is 6.43 Å². The molecular weight excluding hydrogens is 212 g/mol. The van der Waals surface area contributed by atoms with Gasteiger partial charge in [-0.1, -0.05) is 6.92 Å². The predicted molar refractivity (Wildman–Crippen MR) is 50.3 cm³/mol. The van der Waals surface area contributed by atoms with E-state index in [4.69, 9.17) is 0 Å². The van der Waals surface area contributed by atoms with E-state index in [2.05, 4.69) is 5.32 Å². The van der Waals surface area contributed by atoms with E-state index in [9.17, 15) is 17.2 Å². The van der Waals surface area contributed by atoms with Gasteiger partial charge in [-0.3, -0.25) is 0 Å². The normalized spacial score (nSPS) is 31.1. The highest BCUT2D eigenvalue weighted by molar-refractivity contribution is 7.91. The summed E-state index contributed by atoms with van der Waals surface area (Å²) in [6.45, 7) is 2.29. The topological polar surface area (TPSA) is 46.2 Å². The Balaban J connectivity index is 2.75. The van der Waals surface area contributed by atoms with Crippen molar-refractivity contribution < 1.29 is 17.2 Å². The van der Waals surface area contributed by atoms with Crippen LogP contribution >= 0.6 is 0 Å². The molecule has 14 heavy (non-hydrogen) atoms. The molecule has 1 aliphatic rings. The van der Waals surface area contributed by atoms with Gasteiger partial charge in [0.15, 0.2) is 9.84 Å². The lowest BCUT2D eigenvalue weighted by Gasteiger charge is -2.27. The molecule has 0 bridgehead atoms. The second-order valence-corrected chi connectivity index (χ2v) is 5.91. The molecule has 6 heteroatoms. The van der Waals surface area contributed by atoms with E-state index in [0.717, 1.165) is 0 Å². The Labute approximate surface area is 82.8 Å². The molecule has 0 aromatic heterocycles. The molecule has 0 saturated carbocycles. The highest BCUT2D eigenvalue weighted by Crippen LogP contribution is 2.29. The fourth-order valence-electron chi connectivity index (χ4n) is 1.64. The van der Waals surface area contributed by atoms with Crippen molar-refractivity contribution in [3.63, 3.8) is 0 Å². The summed E-state index contributed by atoms with van der Waals surface area (Å²) in [5, 5.41) is 2.67. The van der Waals surface area contributed by atoms with Crippen molar-refractivity contribution in [2.24, 2.45) is 0 Å². The van der Waals surface area contributed by atoms with Crippen LogP contribution in [0, 0.1) is 0 Å². The number of alkyl halides is 2. The lowest BCUT2D eigenvalue weighted by molar-refractivity contribution is 0.0447. The number of sulfone groups is 1. The van der Waals surface area contributed by atoms with Crippen LogP contribution in [0.25, 0.3) is 0 Å². The summed E-state index contributed by atoms with van der Waals surface area (Å²) < 4.78 is 47.8. The second-order valence-electron chi connectivity index (χ2n) is 3.73. The molecule has 1 N–H and O–H groups in total. The van der Waals surface area contributed by atoms with Gasteiger partial charge < -0.3 is 5.32 Å². The van der Waals surface area contributed by atoms with E-state index in [1.807, 2.05) is 6.92 Å².